The van der Waals surface area contributed by atoms with E-state index < -0.39 is 161 Å². The summed E-state index contributed by atoms with van der Waals surface area (Å²) in [4.78, 5) is 82.4. The molecule has 2 aliphatic heterocycles. The Balaban J connectivity index is 0.000000197. The lowest BCUT2D eigenvalue weighted by Crippen LogP contribution is -2.82. The van der Waals surface area contributed by atoms with Gasteiger partial charge < -0.3 is 68.6 Å². The zero-order chi connectivity index (χ0) is 63.7. The van der Waals surface area contributed by atoms with E-state index in [-0.39, 0.29) is 61.2 Å². The van der Waals surface area contributed by atoms with Crippen LogP contribution in [0.1, 0.15) is 116 Å². The Morgan fingerprint density at radius 1 is 0.552 bits per heavy atom. The van der Waals surface area contributed by atoms with Crippen molar-refractivity contribution in [3.8, 4) is 0 Å². The monoisotopic (exact) mass is 1220 g/mol. The molecule has 87 heavy (non-hydrogen) atoms. The number of carbonyl (C=O) groups is 6. The summed E-state index contributed by atoms with van der Waals surface area (Å²) in [7, 11) is -2.78. The highest BCUT2D eigenvalue weighted by atomic mass is 28.4. The molecular formula is C66H82O20Si. The number of esters is 4. The van der Waals surface area contributed by atoms with Crippen LogP contribution in [-0.2, 0) is 52.0 Å². The normalized spacial score (nSPS) is 39.7. The minimum Gasteiger partial charge on any atom is -0.455 e. The molecule has 18 atom stereocenters. The number of hydrogen-bond acceptors (Lipinski definition) is 20. The molecular weight excluding hydrogens is 1140 g/mol. The van der Waals surface area contributed by atoms with Gasteiger partial charge in [0.15, 0.2) is 22.8 Å². The van der Waals surface area contributed by atoms with Gasteiger partial charge in [0.25, 0.3) is 0 Å². The number of carbonyl (C=O) groups excluding carboxylic acids is 6. The van der Waals surface area contributed by atoms with E-state index in [1.54, 1.807) is 97.0 Å². The smallest absolute Gasteiger partial charge is 0.338 e. The summed E-state index contributed by atoms with van der Waals surface area (Å²) in [5.41, 5.74) is -12.2. The fraction of sp³-hybridized carbons (Fsp3) is 0.576. The maximum Gasteiger partial charge on any atom is 0.338 e. The van der Waals surface area contributed by atoms with Crippen LogP contribution in [0.4, 0.5) is 0 Å². The van der Waals surface area contributed by atoms with E-state index in [2.05, 4.69) is 0 Å². The Labute approximate surface area is 506 Å². The predicted octanol–water partition coefficient (Wildman–Crippen LogP) is 4.30. The molecule has 6 aliphatic carbocycles. The molecule has 3 aromatic rings. The molecule has 11 rings (SSSR count). The Bertz CT molecular complexity index is 3310. The predicted molar refractivity (Wildman–Crippen MR) is 313 cm³/mol. The summed E-state index contributed by atoms with van der Waals surface area (Å²) in [6.45, 7) is 19.1. The highest BCUT2D eigenvalue weighted by Gasteiger charge is 2.80. The molecule has 2 saturated heterocycles. The molecule has 6 fully saturated rings. The number of hydrogen-bond donors (Lipinski definition) is 7. The van der Waals surface area contributed by atoms with Crippen LogP contribution in [0.15, 0.2) is 113 Å². The van der Waals surface area contributed by atoms with E-state index in [1.165, 1.54) is 32.9 Å². The first-order valence-electron chi connectivity index (χ1n) is 29.8. The average molecular weight is 1220 g/mol. The van der Waals surface area contributed by atoms with Crippen molar-refractivity contribution >= 4 is 48.9 Å². The van der Waals surface area contributed by atoms with Crippen molar-refractivity contribution in [2.45, 2.75) is 191 Å². The highest BCUT2D eigenvalue weighted by molar-refractivity contribution is 6.84. The first-order chi connectivity index (χ1) is 40.5. The number of aliphatic hydroxyl groups excluding tert-OH is 5. The van der Waals surface area contributed by atoms with E-state index in [0.717, 1.165) is 5.19 Å². The van der Waals surface area contributed by atoms with Gasteiger partial charge in [-0.1, -0.05) is 94.4 Å². The van der Waals surface area contributed by atoms with E-state index >= 15 is 4.79 Å². The minimum atomic E-state index is -2.78. The number of ether oxygens (including phenoxy) is 6. The Hall–Kier alpha value is -5.82. The molecule has 0 amide bonds. The van der Waals surface area contributed by atoms with Crippen molar-refractivity contribution in [3.63, 3.8) is 0 Å². The fourth-order valence-corrected chi connectivity index (χ4v) is 18.9. The van der Waals surface area contributed by atoms with E-state index in [0.29, 0.717) is 11.1 Å². The molecule has 3 aromatic carbocycles. The van der Waals surface area contributed by atoms with Crippen LogP contribution in [0.25, 0.3) is 0 Å². The summed E-state index contributed by atoms with van der Waals surface area (Å²) in [5.74, 6) is -6.89. The van der Waals surface area contributed by atoms with Crippen molar-refractivity contribution in [1.82, 2.24) is 0 Å². The van der Waals surface area contributed by atoms with Gasteiger partial charge in [-0.05, 0) is 92.5 Å². The number of rotatable bonds is 9. The van der Waals surface area contributed by atoms with Crippen LogP contribution in [-0.4, -0.2) is 176 Å². The van der Waals surface area contributed by atoms with Gasteiger partial charge in [0.1, 0.15) is 47.8 Å². The molecule has 4 saturated carbocycles. The van der Waals surface area contributed by atoms with Crippen molar-refractivity contribution in [2.75, 3.05) is 13.2 Å². The second-order valence-corrected chi connectivity index (χ2v) is 31.2. The molecule has 0 spiro atoms. The quantitative estimate of drug-likeness (QED) is 0.0680. The lowest BCUT2D eigenvalue weighted by Gasteiger charge is -2.68. The van der Waals surface area contributed by atoms with Gasteiger partial charge in [-0.2, -0.15) is 0 Å². The van der Waals surface area contributed by atoms with E-state index in [1.807, 2.05) is 43.4 Å². The molecule has 7 N–H and O–H groups in total. The summed E-state index contributed by atoms with van der Waals surface area (Å²) >= 11 is 0. The molecule has 470 valence electrons. The molecule has 21 heteroatoms. The Kier molecular flexibility index (Phi) is 16.2. The molecule has 2 heterocycles. The topological polar surface area (TPSA) is 309 Å². The van der Waals surface area contributed by atoms with Gasteiger partial charge in [0.2, 0.25) is 8.32 Å². The second-order valence-electron chi connectivity index (χ2n) is 27.3. The van der Waals surface area contributed by atoms with Crippen LogP contribution >= 0.6 is 0 Å². The zero-order valence-corrected chi connectivity index (χ0v) is 52.3. The summed E-state index contributed by atoms with van der Waals surface area (Å²) in [6, 6.07) is 26.1. The van der Waals surface area contributed by atoms with Gasteiger partial charge in [-0.25, -0.2) is 9.59 Å². The number of ketones is 2. The molecule has 2 unspecified atom stereocenters. The van der Waals surface area contributed by atoms with Crippen LogP contribution in [0.5, 0.6) is 0 Å². The fourth-order valence-electron chi connectivity index (χ4n) is 16.7. The number of Topliss-reactive ketones (excluding diaryl/α,β-unsaturated/α-hetero) is 2. The third-order valence-corrected chi connectivity index (χ3v) is 24.4. The first kappa shape index (κ1) is 64.2. The highest BCUT2D eigenvalue weighted by Crippen LogP contribution is 2.66. The Morgan fingerprint density at radius 2 is 0.920 bits per heavy atom. The minimum absolute atomic E-state index is 0.0828. The summed E-state index contributed by atoms with van der Waals surface area (Å²) in [5, 5.41) is 84.3. The van der Waals surface area contributed by atoms with Gasteiger partial charge >= 0.3 is 23.9 Å². The van der Waals surface area contributed by atoms with Gasteiger partial charge in [-0.15, -0.1) is 0 Å². The van der Waals surface area contributed by atoms with E-state index in [4.69, 9.17) is 32.8 Å². The third-order valence-electron chi connectivity index (χ3n) is 21.8. The lowest BCUT2D eigenvalue weighted by molar-refractivity contribution is -0.345. The summed E-state index contributed by atoms with van der Waals surface area (Å²) < 4.78 is 43.4. The largest absolute Gasteiger partial charge is 0.455 e. The zero-order valence-electron chi connectivity index (χ0n) is 51.3. The van der Waals surface area contributed by atoms with Crippen LogP contribution < -0.4 is 5.19 Å². The van der Waals surface area contributed by atoms with Crippen molar-refractivity contribution in [2.24, 2.45) is 33.5 Å². The first-order valence-corrected chi connectivity index (χ1v) is 32.7. The van der Waals surface area contributed by atoms with Gasteiger partial charge in [0.05, 0.1) is 71.4 Å². The molecule has 20 nitrogen and oxygen atoms in total. The molecule has 0 aromatic heterocycles. The molecule has 0 radical (unpaired) electrons. The van der Waals surface area contributed by atoms with Gasteiger partial charge in [-0.3, -0.25) is 19.2 Å². The lowest BCUT2D eigenvalue weighted by atomic mass is 9.44. The van der Waals surface area contributed by atoms with Gasteiger partial charge in [0, 0.05) is 50.4 Å². The van der Waals surface area contributed by atoms with Crippen LogP contribution in [0.2, 0.25) is 13.1 Å². The van der Waals surface area contributed by atoms with Crippen LogP contribution in [0, 0.1) is 33.5 Å². The molecule has 4 bridgehead atoms. The van der Waals surface area contributed by atoms with Crippen molar-refractivity contribution < 1.29 is 97.4 Å². The van der Waals surface area contributed by atoms with E-state index in [9.17, 15) is 59.7 Å². The second kappa shape index (κ2) is 22.0. The number of aliphatic hydroxyl groups is 7. The summed E-state index contributed by atoms with van der Waals surface area (Å²) in [6.07, 6.45) is -13.6. The maximum absolute atomic E-state index is 15.2. The van der Waals surface area contributed by atoms with Crippen molar-refractivity contribution in [3.05, 3.63) is 124 Å². The third kappa shape index (κ3) is 9.49. The number of fused-ring (bicyclic) bond motifs is 10. The maximum atomic E-state index is 15.2. The number of benzene rings is 3. The standard InChI is InChI=1S/C37H46O10Si.C29H36O10/c1-21-25(39)19-37(43)32(45-33(42)23-14-10-8-11-15-23)30-35(5,31(41)29(40)28(21)34(37,3)4)26(18-27-36(30,20-44-27)46-22(2)38)47-48(6,7)24-16-12-9-13-17-24;1-14-17(31)12-29(36)24(38-25(35)16-9-7-6-8-10-16)22-27(5,23(34)21(33)20(14)26(29,3)4)18(32)11-19-28(22,13-37-19)39-15(2)30/h8-17,25-27,29-30,32,39-40,43H,18-20H2,1-7H3;6-10,17-19,21-22,24,31-33,36H,11-13H2,1-5H3/t25-,26-,27+,29+,30?,32-,35+,36-,37+;17-,18-,19+,21+,22?,24-,27+,28-,29+/m00/s1. The SMILES string of the molecule is CC(=O)O[C@@]12CO[C@@H]1C[C@H](O)[C@@]1(C)C(=O)[C@H](O)C3=C(C)[C@@H](O)C[C@@](O)([C@@H](OC(=O)c4ccccc4)C12)C3(C)C.CC(=O)O[C@@]12CO[C@@H]1C[C@H](O[Si](C)(C)c1ccccc1)[C@@]1(C)C(=O)[C@H](O)C3=C(C)[C@@H](O)C[C@@](O)([C@@H](OC(=O)c4ccccc4)C12)C3(C)C. The Morgan fingerprint density at radius 3 is 1.30 bits per heavy atom. The van der Waals surface area contributed by atoms with Crippen LogP contribution in [0.3, 0.4) is 0 Å². The molecule has 8 aliphatic rings. The average Bonchev–Trinajstić information content (AvgIpc) is 0.681. The van der Waals surface area contributed by atoms with Crippen molar-refractivity contribution in [1.29, 1.82) is 0 Å².